The van der Waals surface area contributed by atoms with Gasteiger partial charge in [0.15, 0.2) is 11.6 Å². The first-order valence-electron chi connectivity index (χ1n) is 12.3. The summed E-state index contributed by atoms with van der Waals surface area (Å²) in [7, 11) is 0. The molecule has 2 aromatic carbocycles. The summed E-state index contributed by atoms with van der Waals surface area (Å²) in [6.07, 6.45) is 1.50. The Balaban J connectivity index is 1.28. The van der Waals surface area contributed by atoms with E-state index in [0.717, 1.165) is 34.4 Å². The summed E-state index contributed by atoms with van der Waals surface area (Å²) in [5.41, 5.74) is 1.73. The van der Waals surface area contributed by atoms with Gasteiger partial charge in [0, 0.05) is 24.4 Å². The average molecular weight is 585 g/mol. The van der Waals surface area contributed by atoms with Gasteiger partial charge in [0.25, 0.3) is 11.1 Å². The number of nitrogens with zero attached hydrogens (tertiary/aromatic N) is 1. The van der Waals surface area contributed by atoms with Crippen LogP contribution in [-0.2, 0) is 20.9 Å². The van der Waals surface area contributed by atoms with Crippen molar-refractivity contribution in [3.8, 4) is 11.1 Å². The molecular formula is C29H26F2N2O5S2. The molecule has 3 aromatic rings. The van der Waals surface area contributed by atoms with Crippen LogP contribution in [0.5, 0.6) is 0 Å². The fraction of sp³-hybridized carbons (Fsp3) is 0.241. The smallest absolute Gasteiger partial charge is 0.338 e. The summed E-state index contributed by atoms with van der Waals surface area (Å²) < 4.78 is 32.1. The molecule has 40 heavy (non-hydrogen) atoms. The highest BCUT2D eigenvalue weighted by atomic mass is 32.2. The number of hydrogen-bond donors (Lipinski definition) is 1. The zero-order chi connectivity index (χ0) is 29.0. The molecule has 208 valence electrons. The number of carbonyl (C=O) groups excluding carboxylic acids is 4. The van der Waals surface area contributed by atoms with Gasteiger partial charge in [-0.3, -0.25) is 19.3 Å². The summed E-state index contributed by atoms with van der Waals surface area (Å²) in [5, 5.41) is 4.02. The fourth-order valence-electron chi connectivity index (χ4n) is 3.68. The summed E-state index contributed by atoms with van der Waals surface area (Å²) in [6, 6.07) is 12.0. The molecule has 4 rings (SSSR count). The monoisotopic (exact) mass is 584 g/mol. The number of esters is 1. The molecule has 3 amide bonds. The Bertz CT molecular complexity index is 1490. The fourth-order valence-corrected chi connectivity index (χ4v) is 5.45. The van der Waals surface area contributed by atoms with Crippen molar-refractivity contribution < 1.29 is 32.7 Å². The van der Waals surface area contributed by atoms with Gasteiger partial charge in [-0.25, -0.2) is 13.6 Å². The van der Waals surface area contributed by atoms with E-state index >= 15 is 0 Å². The quantitative estimate of drug-likeness (QED) is 0.244. The van der Waals surface area contributed by atoms with Gasteiger partial charge in [0.2, 0.25) is 5.91 Å². The molecule has 1 aromatic heterocycles. The van der Waals surface area contributed by atoms with Crippen LogP contribution in [0.2, 0.25) is 0 Å². The van der Waals surface area contributed by atoms with Crippen molar-refractivity contribution in [3.05, 3.63) is 86.5 Å². The van der Waals surface area contributed by atoms with Crippen molar-refractivity contribution >= 4 is 52.2 Å². The number of rotatable bonds is 8. The van der Waals surface area contributed by atoms with Crippen molar-refractivity contribution in [2.75, 3.05) is 6.54 Å². The predicted molar refractivity (Wildman–Crippen MR) is 150 cm³/mol. The van der Waals surface area contributed by atoms with Crippen molar-refractivity contribution in [1.29, 1.82) is 0 Å². The zero-order valence-corrected chi connectivity index (χ0v) is 23.6. The van der Waals surface area contributed by atoms with Crippen LogP contribution in [0.1, 0.15) is 48.0 Å². The summed E-state index contributed by atoms with van der Waals surface area (Å²) >= 11 is 2.08. The Hall–Kier alpha value is -3.83. The van der Waals surface area contributed by atoms with E-state index in [1.165, 1.54) is 17.4 Å². The van der Waals surface area contributed by atoms with E-state index in [9.17, 15) is 28.0 Å². The third-order valence-corrected chi connectivity index (χ3v) is 7.45. The Morgan fingerprint density at radius 3 is 2.40 bits per heavy atom. The Morgan fingerprint density at radius 1 is 1.00 bits per heavy atom. The lowest BCUT2D eigenvalue weighted by atomic mass is 10.1. The molecule has 7 nitrogen and oxygen atoms in total. The molecule has 1 aliphatic heterocycles. The van der Waals surface area contributed by atoms with Crippen molar-refractivity contribution in [1.82, 2.24) is 10.2 Å². The number of thioether (sulfide) groups is 1. The zero-order valence-electron chi connectivity index (χ0n) is 22.0. The number of nitrogens with one attached hydrogen (secondary N) is 1. The molecule has 0 radical (unpaired) electrons. The van der Waals surface area contributed by atoms with Gasteiger partial charge in [0.05, 0.1) is 10.5 Å². The highest BCUT2D eigenvalue weighted by Crippen LogP contribution is 2.35. The molecule has 2 heterocycles. The molecule has 1 fully saturated rings. The molecular weight excluding hydrogens is 558 g/mol. The topological polar surface area (TPSA) is 92.8 Å². The SMILES string of the molecule is CC(C)(C)OC(=O)c1ccc(CNC(=O)CCN2C(=O)SC(=Cc3cc(-c4ccc(F)c(F)c4)cs3)C2=O)cc1. The third kappa shape index (κ3) is 7.42. The first kappa shape index (κ1) is 29.2. The molecule has 1 saturated heterocycles. The summed E-state index contributed by atoms with van der Waals surface area (Å²) in [4.78, 5) is 51.6. The highest BCUT2D eigenvalue weighted by molar-refractivity contribution is 8.18. The molecule has 0 atom stereocenters. The number of hydrogen-bond acceptors (Lipinski definition) is 7. The van der Waals surface area contributed by atoms with Crippen LogP contribution in [0.15, 0.2) is 58.8 Å². The molecule has 1 N–H and O–H groups in total. The van der Waals surface area contributed by atoms with Crippen LogP contribution in [-0.4, -0.2) is 40.1 Å². The second-order valence-electron chi connectivity index (χ2n) is 9.93. The number of imide groups is 1. The Morgan fingerprint density at radius 2 is 1.73 bits per heavy atom. The second-order valence-corrected chi connectivity index (χ2v) is 11.9. The van der Waals surface area contributed by atoms with Gasteiger partial charge in [-0.05, 0) is 91.0 Å². The molecule has 0 bridgehead atoms. The maximum absolute atomic E-state index is 13.6. The van der Waals surface area contributed by atoms with E-state index in [0.29, 0.717) is 21.6 Å². The van der Waals surface area contributed by atoms with Crippen molar-refractivity contribution in [2.24, 2.45) is 0 Å². The van der Waals surface area contributed by atoms with E-state index in [-0.39, 0.29) is 30.3 Å². The first-order chi connectivity index (χ1) is 18.9. The number of halogens is 2. The van der Waals surface area contributed by atoms with Crippen molar-refractivity contribution in [3.63, 3.8) is 0 Å². The summed E-state index contributed by atoms with van der Waals surface area (Å²) in [5.74, 6) is -3.16. The maximum Gasteiger partial charge on any atom is 0.338 e. The van der Waals surface area contributed by atoms with Gasteiger partial charge in [-0.1, -0.05) is 18.2 Å². The Labute approximate surface area is 238 Å². The standard InChI is InChI=1S/C29H26F2N2O5S2/c1-29(2,3)38-27(36)18-6-4-17(5-7-18)15-32-25(34)10-11-33-26(35)24(40-28(33)37)14-21-12-20(16-39-21)19-8-9-22(30)23(31)13-19/h4-9,12-14,16H,10-11,15H2,1-3H3,(H,32,34). The number of thiophene rings is 1. The number of ether oxygens (including phenoxy) is 1. The number of carbonyl (C=O) groups is 4. The maximum atomic E-state index is 13.6. The minimum absolute atomic E-state index is 0.0689. The Kier molecular flexibility index (Phi) is 8.85. The van der Waals surface area contributed by atoms with E-state index < -0.39 is 34.4 Å². The molecule has 0 unspecified atom stereocenters. The lowest BCUT2D eigenvalue weighted by Crippen LogP contribution is -2.33. The molecule has 0 aliphatic carbocycles. The van der Waals surface area contributed by atoms with Crippen LogP contribution in [0.4, 0.5) is 13.6 Å². The number of amides is 3. The minimum atomic E-state index is -0.952. The average Bonchev–Trinajstić information content (AvgIpc) is 3.46. The van der Waals surface area contributed by atoms with Crippen LogP contribution in [0.3, 0.4) is 0 Å². The normalized spacial score (nSPS) is 14.6. The van der Waals surface area contributed by atoms with Crippen molar-refractivity contribution in [2.45, 2.75) is 39.3 Å². The highest BCUT2D eigenvalue weighted by Gasteiger charge is 2.35. The lowest BCUT2D eigenvalue weighted by Gasteiger charge is -2.19. The van der Waals surface area contributed by atoms with E-state index in [1.54, 1.807) is 62.6 Å². The van der Waals surface area contributed by atoms with Crippen LogP contribution in [0, 0.1) is 11.6 Å². The van der Waals surface area contributed by atoms with Crippen LogP contribution >= 0.6 is 23.1 Å². The summed E-state index contributed by atoms with van der Waals surface area (Å²) in [6.45, 7) is 5.50. The van der Waals surface area contributed by atoms with Gasteiger partial charge in [-0.2, -0.15) is 0 Å². The van der Waals surface area contributed by atoms with Gasteiger partial charge in [0.1, 0.15) is 5.60 Å². The number of benzene rings is 2. The molecule has 1 aliphatic rings. The first-order valence-corrected chi connectivity index (χ1v) is 14.0. The second kappa shape index (κ2) is 12.1. The third-order valence-electron chi connectivity index (χ3n) is 5.66. The molecule has 11 heteroatoms. The lowest BCUT2D eigenvalue weighted by molar-refractivity contribution is -0.124. The van der Waals surface area contributed by atoms with Gasteiger partial charge >= 0.3 is 5.97 Å². The van der Waals surface area contributed by atoms with Gasteiger partial charge < -0.3 is 10.1 Å². The van der Waals surface area contributed by atoms with E-state index in [4.69, 9.17) is 4.74 Å². The van der Waals surface area contributed by atoms with Crippen LogP contribution in [0.25, 0.3) is 17.2 Å². The predicted octanol–water partition coefficient (Wildman–Crippen LogP) is 6.39. The largest absolute Gasteiger partial charge is 0.456 e. The molecule has 0 saturated carbocycles. The van der Waals surface area contributed by atoms with Crippen LogP contribution < -0.4 is 5.32 Å². The van der Waals surface area contributed by atoms with E-state index in [2.05, 4.69) is 5.32 Å². The van der Waals surface area contributed by atoms with Gasteiger partial charge in [-0.15, -0.1) is 11.3 Å². The molecule has 0 spiro atoms. The van der Waals surface area contributed by atoms with E-state index in [1.807, 2.05) is 0 Å². The minimum Gasteiger partial charge on any atom is -0.456 e.